The third-order valence-corrected chi connectivity index (χ3v) is 4.67. The van der Waals surface area contributed by atoms with Gasteiger partial charge in [0.1, 0.15) is 10.6 Å². The van der Waals surface area contributed by atoms with Crippen LogP contribution in [0.3, 0.4) is 0 Å². The van der Waals surface area contributed by atoms with E-state index >= 15 is 0 Å². The Labute approximate surface area is 146 Å². The minimum absolute atomic E-state index is 0.122. The van der Waals surface area contributed by atoms with Gasteiger partial charge in [-0.25, -0.2) is 8.42 Å². The van der Waals surface area contributed by atoms with Gasteiger partial charge in [-0.15, -0.1) is 0 Å². The number of aromatic nitrogens is 2. The smallest absolute Gasteiger partial charge is 0.388 e. The number of benzene rings is 1. The van der Waals surface area contributed by atoms with Crippen LogP contribution in [0, 0.1) is 5.95 Å². The lowest BCUT2D eigenvalue weighted by molar-refractivity contribution is -0.0532. The summed E-state index contributed by atoms with van der Waals surface area (Å²) in [4.78, 5) is 5.85. The summed E-state index contributed by atoms with van der Waals surface area (Å²) >= 11 is 0. The highest BCUT2D eigenvalue weighted by molar-refractivity contribution is 7.92. The summed E-state index contributed by atoms with van der Waals surface area (Å²) in [6.45, 7) is -3.17. The van der Waals surface area contributed by atoms with E-state index in [1.807, 2.05) is 10.8 Å². The first-order valence-corrected chi connectivity index (χ1v) is 8.71. The number of sulfonamides is 1. The van der Waals surface area contributed by atoms with Gasteiger partial charge in [-0.05, 0) is 17.7 Å². The summed E-state index contributed by atoms with van der Waals surface area (Å²) in [5, 5.41) is 0. The molecule has 6 nitrogen and oxygen atoms in total. The quantitative estimate of drug-likeness (QED) is 0.637. The number of nitrogens with zero attached hydrogens (tertiary/aromatic N) is 1. The molecule has 0 aliphatic heterocycles. The average molecular weight is 383 g/mol. The molecule has 2 heterocycles. The summed E-state index contributed by atoms with van der Waals surface area (Å²) < 4.78 is 68.8. The summed E-state index contributed by atoms with van der Waals surface area (Å²) in [5.41, 5.74) is 0.842. The van der Waals surface area contributed by atoms with Crippen LogP contribution in [0.4, 0.5) is 18.9 Å². The van der Waals surface area contributed by atoms with Crippen LogP contribution in [-0.2, 0) is 10.0 Å². The summed E-state index contributed by atoms with van der Waals surface area (Å²) in [6.07, 6.45) is 1.25. The highest BCUT2D eigenvalue weighted by atomic mass is 32.2. The Balaban J connectivity index is 1.82. The van der Waals surface area contributed by atoms with Crippen LogP contribution in [-0.4, -0.2) is 25.0 Å². The van der Waals surface area contributed by atoms with Gasteiger partial charge in [0.15, 0.2) is 0 Å². The van der Waals surface area contributed by atoms with Crippen LogP contribution < -0.4 is 9.46 Å². The zero-order valence-corrected chi connectivity index (χ0v) is 13.8. The van der Waals surface area contributed by atoms with E-state index in [1.54, 1.807) is 24.3 Å². The van der Waals surface area contributed by atoms with E-state index in [2.05, 4.69) is 14.7 Å². The highest BCUT2D eigenvalue weighted by Crippen LogP contribution is 2.24. The monoisotopic (exact) mass is 383 g/mol. The molecule has 0 radical (unpaired) electrons. The molecule has 0 aliphatic carbocycles. The van der Waals surface area contributed by atoms with E-state index in [4.69, 9.17) is 0 Å². The van der Waals surface area contributed by atoms with Crippen molar-refractivity contribution in [3.63, 3.8) is 0 Å². The molecule has 10 heteroatoms. The van der Waals surface area contributed by atoms with E-state index in [1.165, 1.54) is 12.3 Å². The Kier molecular flexibility index (Phi) is 4.85. The van der Waals surface area contributed by atoms with Crippen molar-refractivity contribution in [1.29, 1.82) is 0 Å². The van der Waals surface area contributed by atoms with E-state index < -0.39 is 34.1 Å². The minimum Gasteiger partial charge on any atom is -0.417 e. The molecule has 0 spiro atoms. The molecule has 0 saturated carbocycles. The maximum absolute atomic E-state index is 13.8. The van der Waals surface area contributed by atoms with Crippen molar-refractivity contribution in [2.75, 3.05) is 4.72 Å². The van der Waals surface area contributed by atoms with Gasteiger partial charge in [0.05, 0.1) is 0 Å². The Bertz CT molecular complexity index is 1010. The van der Waals surface area contributed by atoms with Crippen molar-refractivity contribution in [2.45, 2.75) is 11.5 Å². The summed E-state index contributed by atoms with van der Waals surface area (Å²) in [5.74, 6) is -1.95. The van der Waals surface area contributed by atoms with Gasteiger partial charge in [0, 0.05) is 18.0 Å². The average Bonchev–Trinajstić information content (AvgIpc) is 3.09. The van der Waals surface area contributed by atoms with Gasteiger partial charge in [0.25, 0.3) is 10.0 Å². The summed E-state index contributed by atoms with van der Waals surface area (Å²) in [7, 11) is -4.11. The maximum Gasteiger partial charge on any atom is 0.388 e. The van der Waals surface area contributed by atoms with Crippen LogP contribution in [0.1, 0.15) is 0 Å². The number of anilines is 1. The first-order valence-electron chi connectivity index (χ1n) is 7.23. The second-order valence-corrected chi connectivity index (χ2v) is 6.77. The van der Waals surface area contributed by atoms with Crippen LogP contribution in [0.2, 0.25) is 0 Å². The SMILES string of the molecule is O=S(=O)(Nc1ccc(OC(F)F)nc1F)c1c[nH]c(-c2ccccc2)c1. The summed E-state index contributed by atoms with van der Waals surface area (Å²) in [6, 6.07) is 12.3. The van der Waals surface area contributed by atoms with Crippen LogP contribution in [0.15, 0.2) is 59.6 Å². The largest absolute Gasteiger partial charge is 0.417 e. The number of alkyl halides is 2. The number of nitrogens with one attached hydrogen (secondary N) is 2. The molecule has 0 atom stereocenters. The maximum atomic E-state index is 13.8. The third-order valence-electron chi connectivity index (χ3n) is 3.33. The molecule has 2 N–H and O–H groups in total. The third kappa shape index (κ3) is 3.97. The first kappa shape index (κ1) is 17.8. The Morgan fingerprint density at radius 3 is 2.50 bits per heavy atom. The second kappa shape index (κ2) is 7.08. The Morgan fingerprint density at radius 1 is 1.12 bits per heavy atom. The molecule has 0 saturated heterocycles. The highest BCUT2D eigenvalue weighted by Gasteiger charge is 2.20. The zero-order chi connectivity index (χ0) is 18.7. The van der Waals surface area contributed by atoms with E-state index in [0.29, 0.717) is 5.69 Å². The topological polar surface area (TPSA) is 84.1 Å². The molecular weight excluding hydrogens is 371 g/mol. The van der Waals surface area contributed by atoms with E-state index in [-0.39, 0.29) is 4.90 Å². The molecule has 3 aromatic rings. The first-order chi connectivity index (χ1) is 12.3. The molecule has 0 bridgehead atoms. The Morgan fingerprint density at radius 2 is 1.85 bits per heavy atom. The molecule has 3 rings (SSSR count). The number of pyridine rings is 1. The fourth-order valence-electron chi connectivity index (χ4n) is 2.17. The van der Waals surface area contributed by atoms with Crippen LogP contribution >= 0.6 is 0 Å². The van der Waals surface area contributed by atoms with Gasteiger partial charge in [-0.1, -0.05) is 30.3 Å². The van der Waals surface area contributed by atoms with Gasteiger partial charge in [0.2, 0.25) is 11.8 Å². The minimum atomic E-state index is -4.11. The van der Waals surface area contributed by atoms with E-state index in [9.17, 15) is 21.6 Å². The predicted octanol–water partition coefficient (Wildman–Crippen LogP) is 3.62. The molecule has 0 amide bonds. The molecule has 26 heavy (non-hydrogen) atoms. The number of hydrogen-bond acceptors (Lipinski definition) is 4. The van der Waals surface area contributed by atoms with Gasteiger partial charge >= 0.3 is 6.61 Å². The number of hydrogen-bond donors (Lipinski definition) is 2. The van der Waals surface area contributed by atoms with Gasteiger partial charge in [-0.3, -0.25) is 4.72 Å². The van der Waals surface area contributed by atoms with Crippen LogP contribution in [0.25, 0.3) is 11.3 Å². The fraction of sp³-hybridized carbons (Fsp3) is 0.0625. The van der Waals surface area contributed by atoms with Crippen molar-refractivity contribution in [1.82, 2.24) is 9.97 Å². The van der Waals surface area contributed by atoms with Crippen molar-refractivity contribution in [3.05, 3.63) is 60.7 Å². The fourth-order valence-corrected chi connectivity index (χ4v) is 3.22. The van der Waals surface area contributed by atoms with Gasteiger partial charge < -0.3 is 9.72 Å². The van der Waals surface area contributed by atoms with Crippen molar-refractivity contribution in [2.24, 2.45) is 0 Å². The number of H-pyrrole nitrogens is 1. The molecule has 136 valence electrons. The lowest BCUT2D eigenvalue weighted by Crippen LogP contribution is -2.14. The zero-order valence-electron chi connectivity index (χ0n) is 13.0. The molecule has 1 aromatic carbocycles. The number of aromatic amines is 1. The molecule has 0 fully saturated rings. The Hall–Kier alpha value is -3.01. The molecular formula is C16H12F3N3O3S. The molecule has 2 aromatic heterocycles. The molecule has 0 unspecified atom stereocenters. The normalized spacial score (nSPS) is 11.5. The molecule has 0 aliphatic rings. The van der Waals surface area contributed by atoms with Crippen molar-refractivity contribution >= 4 is 15.7 Å². The van der Waals surface area contributed by atoms with Gasteiger partial charge in [-0.2, -0.15) is 18.2 Å². The second-order valence-electron chi connectivity index (χ2n) is 5.09. The number of ether oxygens (including phenoxy) is 1. The number of halogens is 3. The lowest BCUT2D eigenvalue weighted by atomic mass is 10.2. The lowest BCUT2D eigenvalue weighted by Gasteiger charge is -2.08. The van der Waals surface area contributed by atoms with Crippen molar-refractivity contribution < 1.29 is 26.3 Å². The number of rotatable bonds is 6. The van der Waals surface area contributed by atoms with E-state index in [0.717, 1.165) is 17.7 Å². The van der Waals surface area contributed by atoms with Crippen molar-refractivity contribution in [3.8, 4) is 17.1 Å². The van der Waals surface area contributed by atoms with Crippen LogP contribution in [0.5, 0.6) is 5.88 Å². The predicted molar refractivity (Wildman–Crippen MR) is 87.9 cm³/mol. The standard InChI is InChI=1S/C16H12F3N3O3S/c17-15-12(6-7-14(21-15)25-16(18)19)22-26(23,24)11-8-13(20-9-11)10-4-2-1-3-5-10/h1-9,16,20,22H.